The van der Waals surface area contributed by atoms with Gasteiger partial charge in [-0.15, -0.1) is 22.6 Å². The predicted molar refractivity (Wildman–Crippen MR) is 93.9 cm³/mol. The van der Waals surface area contributed by atoms with Crippen molar-refractivity contribution in [1.82, 2.24) is 30.8 Å². The van der Waals surface area contributed by atoms with E-state index in [9.17, 15) is 4.79 Å². The van der Waals surface area contributed by atoms with Gasteiger partial charge in [-0.25, -0.2) is 0 Å². The summed E-state index contributed by atoms with van der Waals surface area (Å²) in [6, 6.07) is 8.56. The number of carbonyl (C=O) groups excluding carboxylic acids is 1. The highest BCUT2D eigenvalue weighted by Gasteiger charge is 2.20. The van der Waals surface area contributed by atoms with Crippen LogP contribution in [0.4, 0.5) is 0 Å². The molecule has 8 heteroatoms. The molecule has 2 atom stereocenters. The summed E-state index contributed by atoms with van der Waals surface area (Å²) in [7, 11) is 0. The minimum Gasteiger partial charge on any atom is -0.352 e. The van der Waals surface area contributed by atoms with Gasteiger partial charge in [0.1, 0.15) is 6.54 Å². The van der Waals surface area contributed by atoms with E-state index >= 15 is 0 Å². The average Bonchev–Trinajstić information content (AvgIpc) is 2.96. The lowest BCUT2D eigenvalue weighted by Gasteiger charge is -2.28. The molecule has 1 fully saturated rings. The van der Waals surface area contributed by atoms with Crippen LogP contribution in [-0.4, -0.2) is 44.7 Å². The lowest BCUT2D eigenvalue weighted by Crippen LogP contribution is -2.47. The Hall–Kier alpha value is -1.99. The minimum absolute atomic E-state index is 0. The van der Waals surface area contributed by atoms with Gasteiger partial charge >= 0.3 is 0 Å². The molecule has 2 unspecified atom stereocenters. The number of hydrogen-bond acceptors (Lipinski definition) is 5. The summed E-state index contributed by atoms with van der Waals surface area (Å²) in [4.78, 5) is 13.5. The number of hydrogen-bond donors (Lipinski definition) is 2. The molecule has 24 heavy (non-hydrogen) atoms. The summed E-state index contributed by atoms with van der Waals surface area (Å²) in [5.74, 6) is 0.463. The molecule has 1 aromatic carbocycles. The number of nitrogens with zero attached hydrogens (tertiary/aromatic N) is 4. The van der Waals surface area contributed by atoms with Gasteiger partial charge in [0, 0.05) is 17.6 Å². The molecule has 2 heterocycles. The number of rotatable bonds is 4. The van der Waals surface area contributed by atoms with Gasteiger partial charge in [0.2, 0.25) is 11.7 Å². The Balaban J connectivity index is 0.00000208. The third-order valence-corrected chi connectivity index (χ3v) is 4.04. The molecule has 3 rings (SSSR count). The lowest BCUT2D eigenvalue weighted by atomic mass is 10.0. The molecule has 1 aliphatic rings. The molecule has 0 bridgehead atoms. The third kappa shape index (κ3) is 4.75. The monoisotopic (exact) mass is 350 g/mol. The van der Waals surface area contributed by atoms with Crippen LogP contribution in [-0.2, 0) is 11.3 Å². The standard InChI is InChI=1S/C16H22N6O.ClH/c1-11-3-5-13(6-4-11)16-19-21-22(20-16)10-15(23)18-14-7-8-17-12(2)9-14;/h3-6,12,14,17H,7-10H2,1-2H3,(H,18,23);1H. The highest BCUT2D eigenvalue weighted by atomic mass is 35.5. The molecule has 1 aliphatic heterocycles. The highest BCUT2D eigenvalue weighted by Crippen LogP contribution is 2.14. The van der Waals surface area contributed by atoms with Crippen molar-refractivity contribution in [3.63, 3.8) is 0 Å². The molecule has 130 valence electrons. The van der Waals surface area contributed by atoms with Crippen LogP contribution in [0.25, 0.3) is 11.4 Å². The zero-order valence-electron chi connectivity index (χ0n) is 13.9. The maximum atomic E-state index is 12.1. The van der Waals surface area contributed by atoms with Crippen molar-refractivity contribution in [2.75, 3.05) is 6.54 Å². The molecular formula is C16H23ClN6O. The number of tetrazole rings is 1. The fourth-order valence-corrected chi connectivity index (χ4v) is 2.79. The van der Waals surface area contributed by atoms with Crippen molar-refractivity contribution in [2.24, 2.45) is 0 Å². The van der Waals surface area contributed by atoms with E-state index in [1.807, 2.05) is 31.2 Å². The normalized spacial score (nSPS) is 20.2. The first-order chi connectivity index (χ1) is 11.1. The lowest BCUT2D eigenvalue weighted by molar-refractivity contribution is -0.123. The second kappa shape index (κ2) is 8.21. The van der Waals surface area contributed by atoms with Crippen LogP contribution in [0.1, 0.15) is 25.3 Å². The Bertz CT molecular complexity index is 671. The Kier molecular flexibility index (Phi) is 6.28. The molecule has 1 saturated heterocycles. The van der Waals surface area contributed by atoms with Crippen LogP contribution in [0.2, 0.25) is 0 Å². The maximum absolute atomic E-state index is 12.1. The molecule has 0 radical (unpaired) electrons. The van der Waals surface area contributed by atoms with Crippen LogP contribution in [0.5, 0.6) is 0 Å². The molecule has 0 saturated carbocycles. The summed E-state index contributed by atoms with van der Waals surface area (Å²) >= 11 is 0. The molecule has 0 aliphatic carbocycles. The van der Waals surface area contributed by atoms with Gasteiger partial charge in [-0.3, -0.25) is 4.79 Å². The number of carbonyl (C=O) groups is 1. The molecular weight excluding hydrogens is 328 g/mol. The number of piperidine rings is 1. The first-order valence-electron chi connectivity index (χ1n) is 7.98. The molecule has 7 nitrogen and oxygen atoms in total. The SMILES string of the molecule is Cc1ccc(-c2nnn(CC(=O)NC3CCNC(C)C3)n2)cc1.Cl. The van der Waals surface area contributed by atoms with Crippen molar-refractivity contribution >= 4 is 18.3 Å². The van der Waals surface area contributed by atoms with Crippen molar-refractivity contribution in [1.29, 1.82) is 0 Å². The van der Waals surface area contributed by atoms with Crippen LogP contribution in [0.15, 0.2) is 24.3 Å². The summed E-state index contributed by atoms with van der Waals surface area (Å²) < 4.78 is 0. The van der Waals surface area contributed by atoms with Gasteiger partial charge in [0.15, 0.2) is 0 Å². The summed E-state index contributed by atoms with van der Waals surface area (Å²) in [5, 5.41) is 18.7. The maximum Gasteiger partial charge on any atom is 0.243 e. The number of aryl methyl sites for hydroxylation is 1. The Morgan fingerprint density at radius 1 is 1.38 bits per heavy atom. The summed E-state index contributed by atoms with van der Waals surface area (Å²) in [6.07, 6.45) is 1.90. The van der Waals surface area contributed by atoms with E-state index in [0.717, 1.165) is 24.9 Å². The quantitative estimate of drug-likeness (QED) is 0.869. The highest BCUT2D eigenvalue weighted by molar-refractivity contribution is 5.85. The van der Waals surface area contributed by atoms with Crippen molar-refractivity contribution < 1.29 is 4.79 Å². The Morgan fingerprint density at radius 3 is 2.83 bits per heavy atom. The zero-order chi connectivity index (χ0) is 16.2. The van der Waals surface area contributed by atoms with E-state index in [1.54, 1.807) is 0 Å². The van der Waals surface area contributed by atoms with Gasteiger partial charge in [-0.1, -0.05) is 29.8 Å². The summed E-state index contributed by atoms with van der Waals surface area (Å²) in [5.41, 5.74) is 2.08. The third-order valence-electron chi connectivity index (χ3n) is 4.04. The number of halogens is 1. The number of benzene rings is 1. The van der Waals surface area contributed by atoms with E-state index < -0.39 is 0 Å². The Morgan fingerprint density at radius 2 is 2.12 bits per heavy atom. The smallest absolute Gasteiger partial charge is 0.243 e. The first-order valence-corrected chi connectivity index (χ1v) is 7.98. The van der Waals surface area contributed by atoms with Crippen molar-refractivity contribution in [3.05, 3.63) is 29.8 Å². The zero-order valence-corrected chi connectivity index (χ0v) is 14.7. The number of aromatic nitrogens is 4. The van der Waals surface area contributed by atoms with Crippen molar-refractivity contribution in [2.45, 2.75) is 45.3 Å². The fourth-order valence-electron chi connectivity index (χ4n) is 2.79. The minimum atomic E-state index is -0.0723. The predicted octanol–water partition coefficient (Wildman–Crippen LogP) is 1.33. The largest absolute Gasteiger partial charge is 0.352 e. The molecule has 1 amide bonds. The molecule has 2 N–H and O–H groups in total. The first kappa shape index (κ1) is 18.4. The van der Waals surface area contributed by atoms with Crippen LogP contribution >= 0.6 is 12.4 Å². The fraction of sp³-hybridized carbons (Fsp3) is 0.500. The molecule has 0 spiro atoms. The van der Waals surface area contributed by atoms with Gasteiger partial charge < -0.3 is 10.6 Å². The van der Waals surface area contributed by atoms with E-state index in [-0.39, 0.29) is 30.9 Å². The molecule has 1 aromatic heterocycles. The second-order valence-corrected chi connectivity index (χ2v) is 6.15. The van der Waals surface area contributed by atoms with E-state index in [0.29, 0.717) is 11.9 Å². The molecule has 2 aromatic rings. The second-order valence-electron chi connectivity index (χ2n) is 6.15. The number of amides is 1. The van der Waals surface area contributed by atoms with Crippen LogP contribution in [0.3, 0.4) is 0 Å². The summed E-state index contributed by atoms with van der Waals surface area (Å²) in [6.45, 7) is 5.19. The average molecular weight is 351 g/mol. The van der Waals surface area contributed by atoms with E-state index in [4.69, 9.17) is 0 Å². The van der Waals surface area contributed by atoms with E-state index in [2.05, 4.69) is 33.0 Å². The van der Waals surface area contributed by atoms with Crippen LogP contribution in [0, 0.1) is 6.92 Å². The Labute approximate surface area is 147 Å². The number of nitrogens with one attached hydrogen (secondary N) is 2. The van der Waals surface area contributed by atoms with Crippen LogP contribution < -0.4 is 10.6 Å². The van der Waals surface area contributed by atoms with Gasteiger partial charge in [-0.2, -0.15) is 4.80 Å². The van der Waals surface area contributed by atoms with E-state index in [1.165, 1.54) is 10.4 Å². The van der Waals surface area contributed by atoms with Gasteiger partial charge in [0.25, 0.3) is 0 Å². The van der Waals surface area contributed by atoms with Crippen molar-refractivity contribution in [3.8, 4) is 11.4 Å². The van der Waals surface area contributed by atoms with Gasteiger partial charge in [0.05, 0.1) is 0 Å². The van der Waals surface area contributed by atoms with Gasteiger partial charge in [-0.05, 0) is 38.4 Å². The topological polar surface area (TPSA) is 84.7 Å².